The second-order valence-electron chi connectivity index (χ2n) is 5.74. The molecule has 0 spiro atoms. The van der Waals surface area contributed by atoms with Crippen molar-refractivity contribution in [1.29, 1.82) is 0 Å². The SMILES string of the molecule is CCSc1nc2ncc3c(n2n1)CC(c1ccc(Cl)cc1)CC3=O. The number of carbonyl (C=O) groups is 1. The first-order valence-electron chi connectivity index (χ1n) is 7.82. The lowest BCUT2D eigenvalue weighted by Crippen LogP contribution is -2.22. The zero-order valence-electron chi connectivity index (χ0n) is 13.1. The van der Waals surface area contributed by atoms with Crippen molar-refractivity contribution < 1.29 is 4.79 Å². The summed E-state index contributed by atoms with van der Waals surface area (Å²) in [7, 11) is 0. The number of aromatic nitrogens is 4. The minimum atomic E-state index is 0.103. The van der Waals surface area contributed by atoms with E-state index in [0.717, 1.165) is 23.4 Å². The fraction of sp³-hybridized carbons (Fsp3) is 0.294. The number of hydrogen-bond donors (Lipinski definition) is 0. The Balaban J connectivity index is 1.78. The molecule has 4 rings (SSSR count). The molecule has 2 heterocycles. The zero-order valence-corrected chi connectivity index (χ0v) is 14.6. The minimum Gasteiger partial charge on any atom is -0.294 e. The van der Waals surface area contributed by atoms with E-state index in [-0.39, 0.29) is 11.7 Å². The van der Waals surface area contributed by atoms with Crippen LogP contribution in [0.15, 0.2) is 35.6 Å². The summed E-state index contributed by atoms with van der Waals surface area (Å²) in [6, 6.07) is 7.71. The molecule has 1 aliphatic rings. The van der Waals surface area contributed by atoms with Gasteiger partial charge in [-0.2, -0.15) is 9.50 Å². The standard InChI is InChI=1S/C17H15ClN4OS/c1-2-24-17-20-16-19-9-13-14(22(16)21-17)7-11(8-15(13)23)10-3-5-12(18)6-4-10/h3-6,9,11H,2,7-8H2,1H3. The quantitative estimate of drug-likeness (QED) is 0.666. The maximum atomic E-state index is 12.6. The molecule has 3 aromatic rings. The van der Waals surface area contributed by atoms with Gasteiger partial charge in [0, 0.05) is 17.6 Å². The van der Waals surface area contributed by atoms with Crippen LogP contribution < -0.4 is 0 Å². The summed E-state index contributed by atoms with van der Waals surface area (Å²) >= 11 is 7.54. The second kappa shape index (κ2) is 6.18. The van der Waals surface area contributed by atoms with Gasteiger partial charge >= 0.3 is 0 Å². The number of rotatable bonds is 3. The van der Waals surface area contributed by atoms with Gasteiger partial charge in [-0.1, -0.05) is 42.4 Å². The first-order valence-corrected chi connectivity index (χ1v) is 9.18. The molecular formula is C17H15ClN4OS. The Kier molecular flexibility index (Phi) is 4.02. The van der Waals surface area contributed by atoms with E-state index in [1.165, 1.54) is 0 Å². The molecule has 2 aromatic heterocycles. The maximum Gasteiger partial charge on any atom is 0.253 e. The molecule has 1 atom stereocenters. The van der Waals surface area contributed by atoms with Gasteiger partial charge in [-0.05, 0) is 35.8 Å². The van der Waals surface area contributed by atoms with Crippen molar-refractivity contribution in [2.45, 2.75) is 30.8 Å². The van der Waals surface area contributed by atoms with Gasteiger partial charge in [0.1, 0.15) is 0 Å². The van der Waals surface area contributed by atoms with Crippen molar-refractivity contribution in [1.82, 2.24) is 19.6 Å². The average Bonchev–Trinajstić information content (AvgIpc) is 2.99. The van der Waals surface area contributed by atoms with Crippen LogP contribution >= 0.6 is 23.4 Å². The zero-order chi connectivity index (χ0) is 16.7. The lowest BCUT2D eigenvalue weighted by molar-refractivity contribution is 0.0962. The Morgan fingerprint density at radius 1 is 1.29 bits per heavy atom. The molecule has 0 saturated carbocycles. The number of benzene rings is 1. The summed E-state index contributed by atoms with van der Waals surface area (Å²) in [6.45, 7) is 2.05. The van der Waals surface area contributed by atoms with Crippen LogP contribution in [-0.4, -0.2) is 31.1 Å². The predicted molar refractivity (Wildman–Crippen MR) is 94.0 cm³/mol. The maximum absolute atomic E-state index is 12.6. The summed E-state index contributed by atoms with van der Waals surface area (Å²) in [4.78, 5) is 21.3. The van der Waals surface area contributed by atoms with Crippen LogP contribution in [0.5, 0.6) is 0 Å². The first-order chi connectivity index (χ1) is 11.7. The normalized spacial score (nSPS) is 17.2. The topological polar surface area (TPSA) is 60.1 Å². The number of halogens is 1. The van der Waals surface area contributed by atoms with Crippen molar-refractivity contribution in [3.8, 4) is 0 Å². The number of carbonyl (C=O) groups excluding carboxylic acids is 1. The van der Waals surface area contributed by atoms with E-state index in [0.29, 0.717) is 27.9 Å². The fourth-order valence-electron chi connectivity index (χ4n) is 3.09. The molecule has 1 unspecified atom stereocenters. The predicted octanol–water partition coefficient (Wildman–Crippen LogP) is 3.80. The van der Waals surface area contributed by atoms with E-state index in [2.05, 4.69) is 22.0 Å². The molecule has 0 radical (unpaired) electrons. The van der Waals surface area contributed by atoms with Gasteiger partial charge < -0.3 is 0 Å². The smallest absolute Gasteiger partial charge is 0.253 e. The van der Waals surface area contributed by atoms with Crippen LogP contribution in [0.4, 0.5) is 0 Å². The summed E-state index contributed by atoms with van der Waals surface area (Å²) in [5, 5.41) is 5.92. The van der Waals surface area contributed by atoms with E-state index < -0.39 is 0 Å². The average molecular weight is 359 g/mol. The Labute approximate surface area is 148 Å². The third-order valence-electron chi connectivity index (χ3n) is 4.23. The molecule has 0 fully saturated rings. The highest BCUT2D eigenvalue weighted by molar-refractivity contribution is 7.99. The van der Waals surface area contributed by atoms with Gasteiger partial charge in [0.2, 0.25) is 5.16 Å². The van der Waals surface area contributed by atoms with Crippen LogP contribution in [0, 0.1) is 0 Å². The van der Waals surface area contributed by atoms with Crippen molar-refractivity contribution in [2.75, 3.05) is 5.75 Å². The summed E-state index contributed by atoms with van der Waals surface area (Å²) in [5.41, 5.74) is 2.67. The second-order valence-corrected chi connectivity index (χ2v) is 7.41. The largest absolute Gasteiger partial charge is 0.294 e. The molecule has 0 saturated heterocycles. The number of Topliss-reactive ketones (excluding diaryl/α,β-unsaturated/α-hetero) is 1. The molecule has 122 valence electrons. The van der Waals surface area contributed by atoms with E-state index in [1.807, 2.05) is 24.3 Å². The van der Waals surface area contributed by atoms with Gasteiger partial charge in [0.25, 0.3) is 5.78 Å². The van der Waals surface area contributed by atoms with Crippen molar-refractivity contribution >= 4 is 34.9 Å². The number of thioether (sulfide) groups is 1. The van der Waals surface area contributed by atoms with Gasteiger partial charge in [-0.15, -0.1) is 5.10 Å². The summed E-state index contributed by atoms with van der Waals surface area (Å²) in [5.74, 6) is 1.67. The molecule has 24 heavy (non-hydrogen) atoms. The van der Waals surface area contributed by atoms with E-state index in [9.17, 15) is 4.79 Å². The summed E-state index contributed by atoms with van der Waals surface area (Å²) < 4.78 is 1.73. The van der Waals surface area contributed by atoms with Crippen LogP contribution in [0.3, 0.4) is 0 Å². The Morgan fingerprint density at radius 3 is 2.83 bits per heavy atom. The Bertz CT molecular complexity index is 922. The lowest BCUT2D eigenvalue weighted by atomic mass is 9.82. The van der Waals surface area contributed by atoms with Gasteiger partial charge in [-0.3, -0.25) is 4.79 Å². The highest BCUT2D eigenvalue weighted by Crippen LogP contribution is 2.33. The first kappa shape index (κ1) is 15.6. The molecule has 1 aromatic carbocycles. The number of fused-ring (bicyclic) bond motifs is 3. The molecule has 0 bridgehead atoms. The van der Waals surface area contributed by atoms with E-state index >= 15 is 0 Å². The number of nitrogens with zero attached hydrogens (tertiary/aromatic N) is 4. The lowest BCUT2D eigenvalue weighted by Gasteiger charge is -2.23. The molecular weight excluding hydrogens is 344 g/mol. The molecule has 0 amide bonds. The highest BCUT2D eigenvalue weighted by Gasteiger charge is 2.29. The molecule has 7 heteroatoms. The van der Waals surface area contributed by atoms with Crippen LogP contribution in [0.25, 0.3) is 5.78 Å². The van der Waals surface area contributed by atoms with Crippen molar-refractivity contribution in [3.05, 3.63) is 52.3 Å². The number of ketones is 1. The third-order valence-corrected chi connectivity index (χ3v) is 5.20. The van der Waals surface area contributed by atoms with Crippen LogP contribution in [0.2, 0.25) is 5.02 Å². The van der Waals surface area contributed by atoms with Crippen LogP contribution in [0.1, 0.15) is 40.9 Å². The molecule has 5 nitrogen and oxygen atoms in total. The highest BCUT2D eigenvalue weighted by atomic mass is 35.5. The van der Waals surface area contributed by atoms with Crippen LogP contribution in [-0.2, 0) is 6.42 Å². The Hall–Kier alpha value is -1.92. The van der Waals surface area contributed by atoms with Crippen molar-refractivity contribution in [3.63, 3.8) is 0 Å². The molecule has 1 aliphatic carbocycles. The summed E-state index contributed by atoms with van der Waals surface area (Å²) in [6.07, 6.45) is 2.86. The third kappa shape index (κ3) is 2.70. The minimum absolute atomic E-state index is 0.103. The monoisotopic (exact) mass is 358 g/mol. The van der Waals surface area contributed by atoms with Gasteiger partial charge in [0.15, 0.2) is 5.78 Å². The van der Waals surface area contributed by atoms with E-state index in [4.69, 9.17) is 11.6 Å². The van der Waals surface area contributed by atoms with Gasteiger partial charge in [0.05, 0.1) is 11.3 Å². The Morgan fingerprint density at radius 2 is 2.08 bits per heavy atom. The van der Waals surface area contributed by atoms with Crippen molar-refractivity contribution in [2.24, 2.45) is 0 Å². The number of hydrogen-bond acceptors (Lipinski definition) is 5. The molecule has 0 aliphatic heterocycles. The van der Waals surface area contributed by atoms with E-state index in [1.54, 1.807) is 22.5 Å². The molecule has 0 N–H and O–H groups in total. The van der Waals surface area contributed by atoms with Gasteiger partial charge in [-0.25, -0.2) is 4.98 Å². The fourth-order valence-corrected chi connectivity index (χ4v) is 3.76.